The largest absolute Gasteiger partial charge is 0.481 e. The molecular formula is C25H27NO3. The molecule has 1 saturated carbocycles. The van der Waals surface area contributed by atoms with Crippen molar-refractivity contribution >= 4 is 16.9 Å². The lowest BCUT2D eigenvalue weighted by Crippen LogP contribution is -2.21. The Labute approximate surface area is 171 Å². The van der Waals surface area contributed by atoms with Gasteiger partial charge in [-0.2, -0.15) is 0 Å². The number of ether oxygens (including phenoxy) is 1. The van der Waals surface area contributed by atoms with Gasteiger partial charge in [-0.15, -0.1) is 0 Å². The highest BCUT2D eigenvalue weighted by atomic mass is 16.5. The van der Waals surface area contributed by atoms with Gasteiger partial charge >= 0.3 is 5.97 Å². The number of rotatable bonds is 6. The highest BCUT2D eigenvalue weighted by Gasteiger charge is 2.31. The van der Waals surface area contributed by atoms with E-state index in [1.165, 1.54) is 0 Å². The molecular weight excluding hydrogens is 362 g/mol. The molecule has 2 aromatic carbocycles. The number of carboxylic acid groups (broad SMARTS) is 1. The number of para-hydroxylation sites is 1. The molecule has 0 amide bonds. The average Bonchev–Trinajstić information content (AvgIpc) is 2.98. The molecule has 4 nitrogen and oxygen atoms in total. The van der Waals surface area contributed by atoms with Crippen LogP contribution in [0.25, 0.3) is 10.9 Å². The predicted octanol–water partition coefficient (Wildman–Crippen LogP) is 5.57. The van der Waals surface area contributed by atoms with Gasteiger partial charge in [-0.25, -0.2) is 0 Å². The quantitative estimate of drug-likeness (QED) is 0.560. The Balaban J connectivity index is 1.37. The van der Waals surface area contributed by atoms with E-state index in [0.717, 1.165) is 54.3 Å². The van der Waals surface area contributed by atoms with Crippen LogP contribution < -0.4 is 0 Å². The number of hydrogen-bond donors (Lipinski definition) is 1. The fourth-order valence-electron chi connectivity index (χ4n) is 4.46. The van der Waals surface area contributed by atoms with Crippen LogP contribution in [0.2, 0.25) is 0 Å². The molecule has 1 aliphatic carbocycles. The topological polar surface area (TPSA) is 59.4 Å². The van der Waals surface area contributed by atoms with Gasteiger partial charge in [0.05, 0.1) is 29.8 Å². The highest BCUT2D eigenvalue weighted by molar-refractivity contribution is 5.78. The van der Waals surface area contributed by atoms with Crippen molar-refractivity contribution in [2.24, 2.45) is 5.92 Å². The predicted molar refractivity (Wildman–Crippen MR) is 114 cm³/mol. The number of carbonyl (C=O) groups is 1. The van der Waals surface area contributed by atoms with E-state index in [0.29, 0.717) is 6.61 Å². The molecule has 3 atom stereocenters. The van der Waals surface area contributed by atoms with Gasteiger partial charge in [-0.3, -0.25) is 9.78 Å². The number of carboxylic acids is 1. The second-order valence-corrected chi connectivity index (χ2v) is 7.92. The Morgan fingerprint density at radius 1 is 0.966 bits per heavy atom. The summed E-state index contributed by atoms with van der Waals surface area (Å²) in [6.07, 6.45) is 4.84. The number of aromatic nitrogens is 1. The van der Waals surface area contributed by atoms with Crippen molar-refractivity contribution in [2.45, 2.75) is 50.7 Å². The molecule has 1 fully saturated rings. The Hall–Kier alpha value is -2.72. The summed E-state index contributed by atoms with van der Waals surface area (Å²) in [6, 6.07) is 21.8. The zero-order chi connectivity index (χ0) is 20.1. The van der Waals surface area contributed by atoms with E-state index >= 15 is 0 Å². The molecule has 0 aliphatic heterocycles. The molecule has 3 aromatic rings. The standard InChI is InChI=1S/C25H27NO3/c27-25(28)24(19-8-2-1-3-9-19)20-10-6-11-22(16-14-20)29-17-21-15-13-18-7-4-5-12-23(18)26-21/h1-5,7-9,12-13,15,20,22,24H,6,10-11,14,16-17H2,(H,27,28). The normalized spacial score (nSPS) is 20.8. The van der Waals surface area contributed by atoms with Crippen LogP contribution in [0.1, 0.15) is 49.3 Å². The van der Waals surface area contributed by atoms with Gasteiger partial charge in [-0.05, 0) is 49.3 Å². The van der Waals surface area contributed by atoms with Crippen LogP contribution in [0, 0.1) is 5.92 Å². The van der Waals surface area contributed by atoms with Crippen LogP contribution >= 0.6 is 0 Å². The van der Waals surface area contributed by atoms with Crippen LogP contribution in [0.4, 0.5) is 0 Å². The van der Waals surface area contributed by atoms with Crippen LogP contribution in [0.15, 0.2) is 66.7 Å². The summed E-state index contributed by atoms with van der Waals surface area (Å²) in [5, 5.41) is 11.0. The molecule has 0 spiro atoms. The second kappa shape index (κ2) is 9.19. The summed E-state index contributed by atoms with van der Waals surface area (Å²) in [4.78, 5) is 16.7. The Bertz CT molecular complexity index is 956. The van der Waals surface area contributed by atoms with E-state index < -0.39 is 11.9 Å². The zero-order valence-corrected chi connectivity index (χ0v) is 16.5. The van der Waals surface area contributed by atoms with Gasteiger partial charge in [0.1, 0.15) is 0 Å². The number of hydrogen-bond acceptors (Lipinski definition) is 3. The number of aliphatic carboxylic acids is 1. The van der Waals surface area contributed by atoms with Crippen LogP contribution in [-0.4, -0.2) is 22.2 Å². The first kappa shape index (κ1) is 19.6. The Morgan fingerprint density at radius 3 is 2.59 bits per heavy atom. The lowest BCUT2D eigenvalue weighted by Gasteiger charge is -2.23. The van der Waals surface area contributed by atoms with Crippen molar-refractivity contribution in [3.63, 3.8) is 0 Å². The van der Waals surface area contributed by atoms with Crippen molar-refractivity contribution in [3.05, 3.63) is 78.0 Å². The van der Waals surface area contributed by atoms with Crippen molar-refractivity contribution in [1.82, 2.24) is 4.98 Å². The third-order valence-corrected chi connectivity index (χ3v) is 5.98. The number of benzene rings is 2. The van der Waals surface area contributed by atoms with E-state index in [9.17, 15) is 9.90 Å². The minimum atomic E-state index is -0.721. The summed E-state index contributed by atoms with van der Waals surface area (Å²) < 4.78 is 6.18. The van der Waals surface area contributed by atoms with Gasteiger partial charge in [0, 0.05) is 5.39 Å². The SMILES string of the molecule is O=C(O)C(c1ccccc1)C1CCCC(OCc2ccc3ccccc3n2)CC1. The molecule has 1 aromatic heterocycles. The van der Waals surface area contributed by atoms with E-state index in [1.54, 1.807) is 0 Å². The van der Waals surface area contributed by atoms with Crippen molar-refractivity contribution in [2.75, 3.05) is 0 Å². The maximum absolute atomic E-state index is 12.0. The van der Waals surface area contributed by atoms with Crippen molar-refractivity contribution in [1.29, 1.82) is 0 Å². The molecule has 3 unspecified atom stereocenters. The van der Waals surface area contributed by atoms with Gasteiger partial charge < -0.3 is 9.84 Å². The fraction of sp³-hybridized carbons (Fsp3) is 0.360. The number of pyridine rings is 1. The lowest BCUT2D eigenvalue weighted by molar-refractivity contribution is -0.140. The molecule has 1 aliphatic rings. The van der Waals surface area contributed by atoms with Gasteiger partial charge in [-0.1, -0.05) is 61.0 Å². The highest BCUT2D eigenvalue weighted by Crippen LogP contribution is 2.36. The van der Waals surface area contributed by atoms with Gasteiger partial charge in [0.25, 0.3) is 0 Å². The molecule has 0 bridgehead atoms. The van der Waals surface area contributed by atoms with Gasteiger partial charge in [0.15, 0.2) is 0 Å². The summed E-state index contributed by atoms with van der Waals surface area (Å²) in [6.45, 7) is 0.501. The first-order chi connectivity index (χ1) is 14.2. The third-order valence-electron chi connectivity index (χ3n) is 5.98. The molecule has 1 N–H and O–H groups in total. The van der Waals surface area contributed by atoms with Crippen molar-refractivity contribution in [3.8, 4) is 0 Å². The molecule has 4 rings (SSSR count). The maximum atomic E-state index is 12.0. The van der Waals surface area contributed by atoms with Gasteiger partial charge in [0.2, 0.25) is 0 Å². The summed E-state index contributed by atoms with van der Waals surface area (Å²) in [5.74, 6) is -1.000. The molecule has 4 heteroatoms. The summed E-state index contributed by atoms with van der Waals surface area (Å²) in [5.41, 5.74) is 2.84. The monoisotopic (exact) mass is 389 g/mol. The fourth-order valence-corrected chi connectivity index (χ4v) is 4.46. The summed E-state index contributed by atoms with van der Waals surface area (Å²) >= 11 is 0. The first-order valence-corrected chi connectivity index (χ1v) is 10.4. The number of fused-ring (bicyclic) bond motifs is 1. The van der Waals surface area contributed by atoms with E-state index in [-0.39, 0.29) is 12.0 Å². The molecule has 0 saturated heterocycles. The average molecular weight is 389 g/mol. The molecule has 29 heavy (non-hydrogen) atoms. The van der Waals surface area contributed by atoms with Crippen LogP contribution in [-0.2, 0) is 16.1 Å². The smallest absolute Gasteiger partial charge is 0.311 e. The van der Waals surface area contributed by atoms with E-state index in [2.05, 4.69) is 17.1 Å². The molecule has 0 radical (unpaired) electrons. The van der Waals surface area contributed by atoms with Crippen LogP contribution in [0.3, 0.4) is 0 Å². The number of nitrogens with zero attached hydrogens (tertiary/aromatic N) is 1. The first-order valence-electron chi connectivity index (χ1n) is 10.4. The minimum absolute atomic E-state index is 0.155. The molecule has 150 valence electrons. The lowest BCUT2D eigenvalue weighted by atomic mass is 9.81. The molecule has 1 heterocycles. The third kappa shape index (κ3) is 4.83. The Morgan fingerprint density at radius 2 is 1.76 bits per heavy atom. The van der Waals surface area contributed by atoms with Crippen LogP contribution in [0.5, 0.6) is 0 Å². The van der Waals surface area contributed by atoms with E-state index in [1.807, 2.05) is 54.6 Å². The summed E-state index contributed by atoms with van der Waals surface area (Å²) in [7, 11) is 0. The zero-order valence-electron chi connectivity index (χ0n) is 16.5. The maximum Gasteiger partial charge on any atom is 0.311 e. The second-order valence-electron chi connectivity index (χ2n) is 7.92. The minimum Gasteiger partial charge on any atom is -0.481 e. The van der Waals surface area contributed by atoms with Crippen molar-refractivity contribution < 1.29 is 14.6 Å². The Kier molecular flexibility index (Phi) is 6.20. The van der Waals surface area contributed by atoms with E-state index in [4.69, 9.17) is 4.74 Å².